The first-order chi connectivity index (χ1) is 7.34. The number of hydrogen-bond acceptors (Lipinski definition) is 4. The SMILES string of the molecule is Ic1cnc(NCc2cccnc2)nc1. The van der Waals surface area contributed by atoms with Gasteiger partial charge in [-0.2, -0.15) is 0 Å². The van der Waals surface area contributed by atoms with E-state index in [9.17, 15) is 0 Å². The van der Waals surface area contributed by atoms with Crippen LogP contribution in [-0.2, 0) is 6.54 Å². The molecule has 0 aliphatic heterocycles. The van der Waals surface area contributed by atoms with Crippen LogP contribution in [0.2, 0.25) is 0 Å². The number of nitrogens with one attached hydrogen (secondary N) is 1. The highest BCUT2D eigenvalue weighted by molar-refractivity contribution is 14.1. The second-order valence-corrected chi connectivity index (χ2v) is 4.19. The quantitative estimate of drug-likeness (QED) is 0.882. The van der Waals surface area contributed by atoms with Crippen LogP contribution in [0.15, 0.2) is 36.9 Å². The van der Waals surface area contributed by atoms with Gasteiger partial charge in [0.1, 0.15) is 0 Å². The molecule has 0 bridgehead atoms. The largest absolute Gasteiger partial charge is 0.350 e. The standard InChI is InChI=1S/C10H9IN4/c11-9-6-14-10(15-7-9)13-5-8-2-1-3-12-4-8/h1-4,6-7H,5H2,(H,13,14,15). The van der Waals surface area contributed by atoms with Crippen LogP contribution in [0.1, 0.15) is 5.56 Å². The minimum absolute atomic E-state index is 0.638. The Morgan fingerprint density at radius 3 is 2.67 bits per heavy atom. The molecule has 0 saturated heterocycles. The van der Waals surface area contributed by atoms with Gasteiger partial charge in [0.15, 0.2) is 0 Å². The molecule has 4 nitrogen and oxygen atoms in total. The first kappa shape index (κ1) is 10.3. The zero-order valence-corrected chi connectivity index (χ0v) is 10.0. The molecule has 2 aromatic rings. The van der Waals surface area contributed by atoms with Crippen LogP contribution in [0, 0.1) is 3.57 Å². The van der Waals surface area contributed by atoms with Crippen molar-refractivity contribution in [3.8, 4) is 0 Å². The molecule has 0 aliphatic rings. The van der Waals surface area contributed by atoms with E-state index in [2.05, 4.69) is 42.9 Å². The predicted molar refractivity (Wildman–Crippen MR) is 66.3 cm³/mol. The lowest BCUT2D eigenvalue weighted by molar-refractivity contribution is 1.04. The van der Waals surface area contributed by atoms with E-state index in [0.717, 1.165) is 9.13 Å². The summed E-state index contributed by atoms with van der Waals surface area (Å²) >= 11 is 2.17. The van der Waals surface area contributed by atoms with Crippen molar-refractivity contribution in [1.82, 2.24) is 15.0 Å². The smallest absolute Gasteiger partial charge is 0.222 e. The Hall–Kier alpha value is -1.24. The minimum atomic E-state index is 0.638. The van der Waals surface area contributed by atoms with E-state index in [1.54, 1.807) is 18.6 Å². The third kappa shape index (κ3) is 3.12. The number of aromatic nitrogens is 3. The molecule has 0 aliphatic carbocycles. The summed E-state index contributed by atoms with van der Waals surface area (Å²) < 4.78 is 1.03. The topological polar surface area (TPSA) is 50.7 Å². The van der Waals surface area contributed by atoms with E-state index in [-0.39, 0.29) is 0 Å². The van der Waals surface area contributed by atoms with Crippen molar-refractivity contribution in [2.45, 2.75) is 6.54 Å². The van der Waals surface area contributed by atoms with Crippen LogP contribution in [0.4, 0.5) is 5.95 Å². The normalized spacial score (nSPS) is 9.93. The molecule has 0 amide bonds. The van der Waals surface area contributed by atoms with Gasteiger partial charge in [-0.15, -0.1) is 0 Å². The summed E-state index contributed by atoms with van der Waals surface area (Å²) in [6.07, 6.45) is 7.13. The zero-order valence-electron chi connectivity index (χ0n) is 7.89. The van der Waals surface area contributed by atoms with Crippen molar-refractivity contribution in [3.63, 3.8) is 0 Å². The summed E-state index contributed by atoms with van der Waals surface area (Å²) in [4.78, 5) is 12.3. The maximum Gasteiger partial charge on any atom is 0.222 e. The summed E-state index contributed by atoms with van der Waals surface area (Å²) in [5.41, 5.74) is 1.11. The lowest BCUT2D eigenvalue weighted by Crippen LogP contribution is -2.03. The number of nitrogens with zero attached hydrogens (tertiary/aromatic N) is 3. The maximum absolute atomic E-state index is 4.14. The van der Waals surface area contributed by atoms with Crippen LogP contribution >= 0.6 is 22.6 Å². The van der Waals surface area contributed by atoms with E-state index < -0.39 is 0 Å². The maximum atomic E-state index is 4.14. The molecular formula is C10H9IN4. The Balaban J connectivity index is 1.96. The molecule has 1 N–H and O–H groups in total. The number of pyridine rings is 1. The second-order valence-electron chi connectivity index (χ2n) is 2.94. The average Bonchev–Trinajstić information content (AvgIpc) is 2.30. The van der Waals surface area contributed by atoms with Crippen LogP contribution < -0.4 is 5.32 Å². The predicted octanol–water partition coefficient (Wildman–Crippen LogP) is 2.09. The van der Waals surface area contributed by atoms with Crippen molar-refractivity contribution < 1.29 is 0 Å². The molecule has 76 valence electrons. The highest BCUT2D eigenvalue weighted by atomic mass is 127. The molecule has 0 spiro atoms. The summed E-state index contributed by atoms with van der Waals surface area (Å²) in [5.74, 6) is 0.638. The van der Waals surface area contributed by atoms with Crippen LogP contribution in [0.5, 0.6) is 0 Å². The fourth-order valence-electron chi connectivity index (χ4n) is 1.09. The molecule has 0 fully saturated rings. The van der Waals surface area contributed by atoms with E-state index in [4.69, 9.17) is 0 Å². The van der Waals surface area contributed by atoms with Crippen molar-refractivity contribution >= 4 is 28.5 Å². The van der Waals surface area contributed by atoms with E-state index in [0.29, 0.717) is 12.5 Å². The van der Waals surface area contributed by atoms with Gasteiger partial charge in [-0.3, -0.25) is 4.98 Å². The first-order valence-corrected chi connectivity index (χ1v) is 5.53. The van der Waals surface area contributed by atoms with Gasteiger partial charge in [-0.05, 0) is 34.2 Å². The van der Waals surface area contributed by atoms with Crippen LogP contribution in [0.3, 0.4) is 0 Å². The van der Waals surface area contributed by atoms with Gasteiger partial charge in [0.25, 0.3) is 0 Å². The highest BCUT2D eigenvalue weighted by Gasteiger charge is 1.95. The Morgan fingerprint density at radius 1 is 1.20 bits per heavy atom. The third-order valence-electron chi connectivity index (χ3n) is 1.79. The van der Waals surface area contributed by atoms with Crippen molar-refractivity contribution in [2.75, 3.05) is 5.32 Å². The highest BCUT2D eigenvalue weighted by Crippen LogP contribution is 2.04. The number of hydrogen-bond donors (Lipinski definition) is 1. The van der Waals surface area contributed by atoms with Gasteiger partial charge >= 0.3 is 0 Å². The lowest BCUT2D eigenvalue weighted by atomic mass is 10.3. The molecule has 15 heavy (non-hydrogen) atoms. The second kappa shape index (κ2) is 5.01. The number of halogens is 1. The Morgan fingerprint density at radius 2 is 2.00 bits per heavy atom. The van der Waals surface area contributed by atoms with Crippen molar-refractivity contribution in [1.29, 1.82) is 0 Å². The molecule has 5 heteroatoms. The Labute approximate surface area is 101 Å². The number of rotatable bonds is 3. The van der Waals surface area contributed by atoms with Gasteiger partial charge in [0.2, 0.25) is 5.95 Å². The molecule has 0 radical (unpaired) electrons. The van der Waals surface area contributed by atoms with Gasteiger partial charge in [0.05, 0.1) is 0 Å². The molecule has 0 aromatic carbocycles. The Bertz CT molecular complexity index is 415. The fourth-order valence-corrected chi connectivity index (χ4v) is 1.37. The lowest BCUT2D eigenvalue weighted by Gasteiger charge is -2.03. The average molecular weight is 312 g/mol. The third-order valence-corrected chi connectivity index (χ3v) is 2.35. The Kier molecular flexibility index (Phi) is 3.44. The van der Waals surface area contributed by atoms with E-state index in [1.165, 1.54) is 0 Å². The zero-order chi connectivity index (χ0) is 10.5. The van der Waals surface area contributed by atoms with Crippen molar-refractivity contribution in [3.05, 3.63) is 46.1 Å². The summed E-state index contributed by atoms with van der Waals surface area (Å²) in [6.45, 7) is 0.689. The molecular weight excluding hydrogens is 303 g/mol. The van der Waals surface area contributed by atoms with Gasteiger partial charge in [-0.1, -0.05) is 6.07 Å². The van der Waals surface area contributed by atoms with Gasteiger partial charge in [0, 0.05) is 34.9 Å². The molecule has 2 heterocycles. The van der Waals surface area contributed by atoms with E-state index >= 15 is 0 Å². The summed E-state index contributed by atoms with van der Waals surface area (Å²) in [5, 5.41) is 3.12. The van der Waals surface area contributed by atoms with Crippen molar-refractivity contribution in [2.24, 2.45) is 0 Å². The number of anilines is 1. The fraction of sp³-hybridized carbons (Fsp3) is 0.100. The van der Waals surface area contributed by atoms with Crippen LogP contribution in [-0.4, -0.2) is 15.0 Å². The van der Waals surface area contributed by atoms with Gasteiger partial charge in [-0.25, -0.2) is 9.97 Å². The molecule has 0 saturated carbocycles. The summed E-state index contributed by atoms with van der Waals surface area (Å²) in [7, 11) is 0. The van der Waals surface area contributed by atoms with Gasteiger partial charge < -0.3 is 5.32 Å². The first-order valence-electron chi connectivity index (χ1n) is 4.45. The minimum Gasteiger partial charge on any atom is -0.350 e. The molecule has 0 atom stereocenters. The molecule has 0 unspecified atom stereocenters. The molecule has 2 aromatic heterocycles. The van der Waals surface area contributed by atoms with Crippen LogP contribution in [0.25, 0.3) is 0 Å². The summed E-state index contributed by atoms with van der Waals surface area (Å²) in [6, 6.07) is 3.92. The molecule has 2 rings (SSSR count). The van der Waals surface area contributed by atoms with E-state index in [1.807, 2.05) is 18.3 Å². The monoisotopic (exact) mass is 312 g/mol.